The minimum atomic E-state index is -4.62. The third-order valence-electron chi connectivity index (χ3n) is 3.32. The quantitative estimate of drug-likeness (QED) is 0.834. The molecule has 0 radical (unpaired) electrons. The monoisotopic (exact) mass is 261 g/mol. The maximum atomic E-state index is 12.7. The minimum absolute atomic E-state index is 0.118. The van der Waals surface area contributed by atoms with E-state index in [0.29, 0.717) is 5.82 Å². The van der Waals surface area contributed by atoms with Gasteiger partial charge in [-0.25, -0.2) is 0 Å². The van der Waals surface area contributed by atoms with E-state index >= 15 is 0 Å². The molecule has 0 saturated carbocycles. The molecule has 1 saturated heterocycles. The predicted octanol–water partition coefficient (Wildman–Crippen LogP) is 1.60. The fraction of sp³-hybridized carbons (Fsp3) is 0.636. The first-order valence-electron chi connectivity index (χ1n) is 5.58. The Bertz CT molecular complexity index is 463. The third-order valence-corrected chi connectivity index (χ3v) is 3.32. The smallest absolute Gasteiger partial charge is 0.379 e. The maximum Gasteiger partial charge on any atom is 0.418 e. The summed E-state index contributed by atoms with van der Waals surface area (Å²) in [5, 5.41) is 17.3. The molecule has 2 heterocycles. The Labute approximate surface area is 102 Å². The molecule has 1 atom stereocenters. The highest BCUT2D eigenvalue weighted by molar-refractivity contribution is 5.43. The summed E-state index contributed by atoms with van der Waals surface area (Å²) in [4.78, 5) is 1.41. The van der Waals surface area contributed by atoms with Crippen molar-refractivity contribution in [3.05, 3.63) is 17.3 Å². The Morgan fingerprint density at radius 2 is 2.00 bits per heavy atom. The molecule has 100 valence electrons. The average Bonchev–Trinajstić information content (AvgIpc) is 2.66. The molecule has 1 unspecified atom stereocenters. The van der Waals surface area contributed by atoms with Gasteiger partial charge < -0.3 is 10.0 Å². The highest BCUT2D eigenvalue weighted by Crippen LogP contribution is 2.38. The molecule has 2 rings (SSSR count). The Morgan fingerprint density at radius 1 is 1.33 bits per heavy atom. The van der Waals surface area contributed by atoms with E-state index in [1.807, 2.05) is 6.92 Å². The second kappa shape index (κ2) is 4.08. The number of rotatable bonds is 1. The largest absolute Gasteiger partial charge is 0.418 e. The van der Waals surface area contributed by atoms with Crippen molar-refractivity contribution in [1.29, 1.82) is 0 Å². The van der Waals surface area contributed by atoms with Gasteiger partial charge in [0.05, 0.1) is 12.2 Å². The number of halogens is 3. The van der Waals surface area contributed by atoms with Gasteiger partial charge in [-0.05, 0) is 25.5 Å². The number of anilines is 1. The van der Waals surface area contributed by atoms with Crippen LogP contribution in [0.5, 0.6) is 0 Å². The molecule has 1 N–H and O–H groups in total. The summed E-state index contributed by atoms with van der Waals surface area (Å²) in [6.07, 6.45) is -4.96. The van der Waals surface area contributed by atoms with Crippen LogP contribution in [0.2, 0.25) is 0 Å². The lowest BCUT2D eigenvalue weighted by molar-refractivity contribution is -0.250. The maximum absolute atomic E-state index is 12.7. The van der Waals surface area contributed by atoms with Crippen molar-refractivity contribution in [3.8, 4) is 0 Å². The van der Waals surface area contributed by atoms with Gasteiger partial charge in [0, 0.05) is 13.0 Å². The first kappa shape index (κ1) is 13.1. The molecule has 7 heteroatoms. The predicted molar refractivity (Wildman–Crippen MR) is 59.3 cm³/mol. The van der Waals surface area contributed by atoms with Crippen LogP contribution in [0.3, 0.4) is 0 Å². The number of β-amino-alcohol motifs (C(OH)–C–C–N with tert-alkyl or cyclic N) is 1. The first-order valence-corrected chi connectivity index (χ1v) is 5.58. The summed E-state index contributed by atoms with van der Waals surface area (Å²) in [6, 6.07) is 1.68. The van der Waals surface area contributed by atoms with Crippen LogP contribution in [0, 0.1) is 13.8 Å². The van der Waals surface area contributed by atoms with E-state index in [0.717, 1.165) is 11.3 Å². The molecule has 0 amide bonds. The van der Waals surface area contributed by atoms with Crippen LogP contribution < -0.4 is 4.90 Å². The zero-order valence-electron chi connectivity index (χ0n) is 10.1. The van der Waals surface area contributed by atoms with Crippen LogP contribution in [0.15, 0.2) is 6.07 Å². The van der Waals surface area contributed by atoms with Gasteiger partial charge in [0.25, 0.3) is 0 Å². The van der Waals surface area contributed by atoms with Crippen molar-refractivity contribution < 1.29 is 18.3 Å². The van der Waals surface area contributed by atoms with Crippen LogP contribution >= 0.6 is 0 Å². The van der Waals surface area contributed by atoms with Gasteiger partial charge >= 0.3 is 6.18 Å². The molecular formula is C11H14F3N3O. The normalized spacial score (nSPS) is 24.7. The number of hydrogen-bond acceptors (Lipinski definition) is 4. The summed E-state index contributed by atoms with van der Waals surface area (Å²) < 4.78 is 38.0. The van der Waals surface area contributed by atoms with Crippen LogP contribution in [0.1, 0.15) is 17.7 Å². The van der Waals surface area contributed by atoms with E-state index in [4.69, 9.17) is 0 Å². The molecule has 0 aromatic carbocycles. The topological polar surface area (TPSA) is 49.2 Å². The second-order valence-corrected chi connectivity index (χ2v) is 4.67. The number of aryl methyl sites for hydroxylation is 2. The highest BCUT2D eigenvalue weighted by Gasteiger charge is 2.57. The van der Waals surface area contributed by atoms with E-state index in [2.05, 4.69) is 10.2 Å². The number of nitrogens with zero attached hydrogens (tertiary/aromatic N) is 3. The van der Waals surface area contributed by atoms with Crippen molar-refractivity contribution in [3.63, 3.8) is 0 Å². The van der Waals surface area contributed by atoms with E-state index in [-0.39, 0.29) is 13.0 Å². The van der Waals surface area contributed by atoms with Crippen LogP contribution in [0.4, 0.5) is 19.0 Å². The van der Waals surface area contributed by atoms with Crippen molar-refractivity contribution >= 4 is 5.82 Å². The Balaban J connectivity index is 2.21. The van der Waals surface area contributed by atoms with Gasteiger partial charge in [0.15, 0.2) is 11.4 Å². The number of hydrogen-bond donors (Lipinski definition) is 1. The van der Waals surface area contributed by atoms with Gasteiger partial charge in [-0.3, -0.25) is 0 Å². The van der Waals surface area contributed by atoms with Gasteiger partial charge in [-0.1, -0.05) is 0 Å². The van der Waals surface area contributed by atoms with Crippen molar-refractivity contribution in [2.24, 2.45) is 0 Å². The molecule has 18 heavy (non-hydrogen) atoms. The molecule has 1 fully saturated rings. The van der Waals surface area contributed by atoms with Crippen molar-refractivity contribution in [2.45, 2.75) is 32.0 Å². The molecular weight excluding hydrogens is 247 g/mol. The molecule has 1 aliphatic heterocycles. The Kier molecular flexibility index (Phi) is 2.96. The fourth-order valence-corrected chi connectivity index (χ4v) is 1.91. The van der Waals surface area contributed by atoms with E-state index in [9.17, 15) is 18.3 Å². The fourth-order valence-electron chi connectivity index (χ4n) is 1.91. The SMILES string of the molecule is Cc1cc(N2CCC(O)(C(F)(F)F)C2)nnc1C. The minimum Gasteiger partial charge on any atom is -0.379 e. The zero-order chi connectivity index (χ0) is 13.6. The van der Waals surface area contributed by atoms with Crippen LogP contribution in [0.25, 0.3) is 0 Å². The summed E-state index contributed by atoms with van der Waals surface area (Å²) >= 11 is 0. The number of alkyl halides is 3. The molecule has 0 bridgehead atoms. The summed E-state index contributed by atoms with van der Waals surface area (Å²) in [7, 11) is 0. The third kappa shape index (κ3) is 2.14. The van der Waals surface area contributed by atoms with Gasteiger partial charge in [-0.2, -0.15) is 18.3 Å². The number of aromatic nitrogens is 2. The van der Waals surface area contributed by atoms with Gasteiger partial charge in [0.2, 0.25) is 0 Å². The molecule has 0 spiro atoms. The van der Waals surface area contributed by atoms with Gasteiger partial charge in [0.1, 0.15) is 0 Å². The lowest BCUT2D eigenvalue weighted by Crippen LogP contribution is -2.47. The first-order chi connectivity index (χ1) is 8.23. The average molecular weight is 261 g/mol. The highest BCUT2D eigenvalue weighted by atomic mass is 19.4. The van der Waals surface area contributed by atoms with Crippen molar-refractivity contribution in [2.75, 3.05) is 18.0 Å². The Hall–Kier alpha value is -1.37. The molecule has 4 nitrogen and oxygen atoms in total. The van der Waals surface area contributed by atoms with Crippen LogP contribution in [-0.4, -0.2) is 40.2 Å². The van der Waals surface area contributed by atoms with E-state index in [1.54, 1.807) is 13.0 Å². The van der Waals surface area contributed by atoms with Crippen LogP contribution in [-0.2, 0) is 0 Å². The van der Waals surface area contributed by atoms with E-state index in [1.165, 1.54) is 4.90 Å². The summed E-state index contributed by atoms with van der Waals surface area (Å²) in [5.74, 6) is 0.373. The molecule has 1 aromatic rings. The zero-order valence-corrected chi connectivity index (χ0v) is 10.1. The molecule has 1 aliphatic rings. The second-order valence-electron chi connectivity index (χ2n) is 4.67. The van der Waals surface area contributed by atoms with E-state index < -0.39 is 18.3 Å². The van der Waals surface area contributed by atoms with Crippen molar-refractivity contribution in [1.82, 2.24) is 10.2 Å². The summed E-state index contributed by atoms with van der Waals surface area (Å²) in [5.41, 5.74) is -1.04. The lowest BCUT2D eigenvalue weighted by Gasteiger charge is -2.26. The Morgan fingerprint density at radius 3 is 2.50 bits per heavy atom. The molecule has 0 aliphatic carbocycles. The lowest BCUT2D eigenvalue weighted by atomic mass is 10.0. The van der Waals surface area contributed by atoms with Gasteiger partial charge in [-0.15, -0.1) is 5.10 Å². The number of aliphatic hydroxyl groups is 1. The standard InChI is InChI=1S/C11H14F3N3O/c1-7-5-9(16-15-8(7)2)17-4-3-10(18,6-17)11(12,13)14/h5,18H,3-4,6H2,1-2H3. The summed E-state index contributed by atoms with van der Waals surface area (Å²) in [6.45, 7) is 3.22. The molecule has 1 aromatic heterocycles.